The third-order valence-corrected chi connectivity index (χ3v) is 2.84. The molecule has 1 aromatic carbocycles. The summed E-state index contributed by atoms with van der Waals surface area (Å²) in [6, 6.07) is 8.18. The number of carboxylic acids is 1. The molecule has 2 rings (SSSR count). The topological polar surface area (TPSA) is 77.9 Å². The van der Waals surface area contributed by atoms with E-state index in [0.29, 0.717) is 11.6 Å². The highest BCUT2D eigenvalue weighted by Gasteiger charge is 2.14. The van der Waals surface area contributed by atoms with E-state index in [4.69, 9.17) is 14.2 Å². The second kappa shape index (κ2) is 6.60. The highest BCUT2D eigenvalue weighted by atomic mass is 16.5. The van der Waals surface area contributed by atoms with Gasteiger partial charge in [-0.05, 0) is 30.3 Å². The van der Waals surface area contributed by atoms with Crippen LogP contribution in [-0.4, -0.2) is 30.3 Å². The summed E-state index contributed by atoms with van der Waals surface area (Å²) in [5, 5.41) is 9.21. The molecule has 0 unspecified atom stereocenters. The maximum Gasteiger partial charge on any atom is 0.339 e. The van der Waals surface area contributed by atoms with Gasteiger partial charge in [-0.2, -0.15) is 0 Å². The van der Waals surface area contributed by atoms with Gasteiger partial charge in [0.2, 0.25) is 5.88 Å². The summed E-state index contributed by atoms with van der Waals surface area (Å²) in [4.78, 5) is 15.3. The van der Waals surface area contributed by atoms with Gasteiger partial charge in [-0.1, -0.05) is 0 Å². The molecule has 0 radical (unpaired) electrons. The molecule has 0 saturated heterocycles. The molecule has 0 amide bonds. The minimum atomic E-state index is -1.08. The van der Waals surface area contributed by atoms with Crippen LogP contribution in [0, 0.1) is 0 Å². The van der Waals surface area contributed by atoms with Gasteiger partial charge in [0.25, 0.3) is 0 Å². The molecule has 0 aliphatic carbocycles. The van der Waals surface area contributed by atoms with E-state index in [1.165, 1.54) is 20.3 Å². The normalized spacial score (nSPS) is 10.0. The Kier molecular flexibility index (Phi) is 4.61. The molecule has 0 spiro atoms. The Labute approximate surface area is 121 Å². The largest absolute Gasteiger partial charge is 0.497 e. The quantitative estimate of drug-likeness (QED) is 0.879. The first kappa shape index (κ1) is 14.6. The number of hydrogen-bond acceptors (Lipinski definition) is 5. The summed E-state index contributed by atoms with van der Waals surface area (Å²) < 4.78 is 15.7. The van der Waals surface area contributed by atoms with Crippen LogP contribution in [0.25, 0.3) is 0 Å². The van der Waals surface area contributed by atoms with Crippen molar-refractivity contribution >= 4 is 5.97 Å². The van der Waals surface area contributed by atoms with Gasteiger partial charge >= 0.3 is 5.97 Å². The van der Waals surface area contributed by atoms with E-state index in [2.05, 4.69) is 4.98 Å². The van der Waals surface area contributed by atoms with Crippen LogP contribution in [0.15, 0.2) is 36.5 Å². The third kappa shape index (κ3) is 3.42. The zero-order chi connectivity index (χ0) is 15.2. The molecule has 0 atom stereocenters. The first-order valence-electron chi connectivity index (χ1n) is 6.17. The molecule has 0 bridgehead atoms. The number of hydrogen-bond donors (Lipinski definition) is 1. The highest BCUT2D eigenvalue weighted by Crippen LogP contribution is 2.26. The van der Waals surface area contributed by atoms with E-state index in [-0.39, 0.29) is 17.9 Å². The second-order valence-electron chi connectivity index (χ2n) is 4.13. The summed E-state index contributed by atoms with van der Waals surface area (Å²) in [6.07, 6.45) is 1.61. The van der Waals surface area contributed by atoms with Crippen LogP contribution in [-0.2, 0) is 6.61 Å². The van der Waals surface area contributed by atoms with Crippen molar-refractivity contribution in [2.75, 3.05) is 14.2 Å². The highest BCUT2D eigenvalue weighted by molar-refractivity contribution is 5.91. The predicted octanol–water partition coefficient (Wildman–Crippen LogP) is 2.38. The summed E-state index contributed by atoms with van der Waals surface area (Å²) in [5.41, 5.74) is 0.768. The molecule has 21 heavy (non-hydrogen) atoms. The van der Waals surface area contributed by atoms with Crippen molar-refractivity contribution in [3.05, 3.63) is 47.7 Å². The van der Waals surface area contributed by atoms with Gasteiger partial charge < -0.3 is 19.3 Å². The molecule has 0 aliphatic heterocycles. The van der Waals surface area contributed by atoms with Crippen molar-refractivity contribution in [3.8, 4) is 17.4 Å². The van der Waals surface area contributed by atoms with E-state index < -0.39 is 5.97 Å². The number of aromatic carboxylic acids is 1. The third-order valence-electron chi connectivity index (χ3n) is 2.84. The van der Waals surface area contributed by atoms with Crippen LogP contribution in [0.3, 0.4) is 0 Å². The lowest BCUT2D eigenvalue weighted by atomic mass is 10.2. The summed E-state index contributed by atoms with van der Waals surface area (Å²) >= 11 is 0. The van der Waals surface area contributed by atoms with Crippen molar-refractivity contribution in [1.82, 2.24) is 4.98 Å². The van der Waals surface area contributed by atoms with Gasteiger partial charge in [-0.3, -0.25) is 0 Å². The fourth-order valence-electron chi connectivity index (χ4n) is 1.80. The minimum absolute atomic E-state index is 0.0391. The molecular weight excluding hydrogens is 274 g/mol. The van der Waals surface area contributed by atoms with Crippen LogP contribution >= 0.6 is 0 Å². The summed E-state index contributed by atoms with van der Waals surface area (Å²) in [5.74, 6) is 0.0813. The van der Waals surface area contributed by atoms with Crippen LogP contribution in [0.1, 0.15) is 15.9 Å². The van der Waals surface area contributed by atoms with E-state index in [1.807, 2.05) is 0 Å². The molecule has 6 nitrogen and oxygen atoms in total. The van der Waals surface area contributed by atoms with Gasteiger partial charge in [0.05, 0.1) is 19.8 Å². The Balaban J connectivity index is 2.21. The minimum Gasteiger partial charge on any atom is -0.497 e. The number of aromatic nitrogens is 1. The number of pyridine rings is 1. The van der Waals surface area contributed by atoms with E-state index in [9.17, 15) is 9.90 Å². The number of rotatable bonds is 6. The van der Waals surface area contributed by atoms with Crippen LogP contribution in [0.2, 0.25) is 0 Å². The standard InChI is InChI=1S/C15H15NO5/c1-19-11-5-6-13(12(8-11)15(17)18)21-9-10-4-3-7-16-14(10)20-2/h3-8H,9H2,1-2H3,(H,17,18). The maximum atomic E-state index is 11.3. The van der Waals surface area contributed by atoms with Crippen molar-refractivity contribution in [1.29, 1.82) is 0 Å². The number of carbonyl (C=O) groups is 1. The van der Waals surface area contributed by atoms with Crippen LogP contribution in [0.5, 0.6) is 17.4 Å². The van der Waals surface area contributed by atoms with Crippen LogP contribution < -0.4 is 14.2 Å². The molecule has 0 saturated carbocycles. The first-order chi connectivity index (χ1) is 10.2. The van der Waals surface area contributed by atoms with E-state index in [1.54, 1.807) is 30.5 Å². The fraction of sp³-hybridized carbons (Fsp3) is 0.200. The molecule has 2 aromatic rings. The Morgan fingerprint density at radius 1 is 1.24 bits per heavy atom. The van der Waals surface area contributed by atoms with Crippen molar-refractivity contribution in [2.24, 2.45) is 0 Å². The monoisotopic (exact) mass is 289 g/mol. The van der Waals surface area contributed by atoms with Crippen molar-refractivity contribution in [2.45, 2.75) is 6.61 Å². The van der Waals surface area contributed by atoms with Gasteiger partial charge in [-0.15, -0.1) is 0 Å². The molecule has 1 heterocycles. The number of methoxy groups -OCH3 is 2. The number of carboxylic acid groups (broad SMARTS) is 1. The summed E-state index contributed by atoms with van der Waals surface area (Å²) in [7, 11) is 2.99. The average Bonchev–Trinajstić information content (AvgIpc) is 2.52. The molecular formula is C15H15NO5. The SMILES string of the molecule is COc1ccc(OCc2cccnc2OC)c(C(=O)O)c1. The zero-order valence-corrected chi connectivity index (χ0v) is 11.7. The average molecular weight is 289 g/mol. The number of ether oxygens (including phenoxy) is 3. The molecule has 1 N–H and O–H groups in total. The Bertz CT molecular complexity index is 642. The number of nitrogens with zero attached hydrogens (tertiary/aromatic N) is 1. The Morgan fingerprint density at radius 2 is 2.05 bits per heavy atom. The van der Waals surface area contributed by atoms with Crippen molar-refractivity contribution in [3.63, 3.8) is 0 Å². The summed E-state index contributed by atoms with van der Waals surface area (Å²) in [6.45, 7) is 0.156. The Morgan fingerprint density at radius 3 is 2.71 bits per heavy atom. The molecule has 6 heteroatoms. The van der Waals surface area contributed by atoms with E-state index in [0.717, 1.165) is 5.56 Å². The van der Waals surface area contributed by atoms with Gasteiger partial charge in [-0.25, -0.2) is 9.78 Å². The van der Waals surface area contributed by atoms with Gasteiger partial charge in [0, 0.05) is 6.20 Å². The van der Waals surface area contributed by atoms with Crippen molar-refractivity contribution < 1.29 is 24.1 Å². The van der Waals surface area contributed by atoms with Crippen LogP contribution in [0.4, 0.5) is 0 Å². The smallest absolute Gasteiger partial charge is 0.339 e. The van der Waals surface area contributed by atoms with Gasteiger partial charge in [0.1, 0.15) is 23.7 Å². The fourth-order valence-corrected chi connectivity index (χ4v) is 1.80. The predicted molar refractivity (Wildman–Crippen MR) is 75.1 cm³/mol. The maximum absolute atomic E-state index is 11.3. The van der Waals surface area contributed by atoms with Gasteiger partial charge in [0.15, 0.2) is 0 Å². The second-order valence-corrected chi connectivity index (χ2v) is 4.13. The first-order valence-corrected chi connectivity index (χ1v) is 6.17. The molecule has 0 aliphatic rings. The lowest BCUT2D eigenvalue weighted by Gasteiger charge is -2.12. The molecule has 110 valence electrons. The van der Waals surface area contributed by atoms with E-state index >= 15 is 0 Å². The number of benzene rings is 1. The lowest BCUT2D eigenvalue weighted by Crippen LogP contribution is -2.05. The Hall–Kier alpha value is -2.76. The zero-order valence-electron chi connectivity index (χ0n) is 11.7. The molecule has 0 fully saturated rings. The molecule has 1 aromatic heterocycles. The lowest BCUT2D eigenvalue weighted by molar-refractivity contribution is 0.0691.